The van der Waals surface area contributed by atoms with Crippen molar-refractivity contribution in [2.75, 3.05) is 5.32 Å². The van der Waals surface area contributed by atoms with Gasteiger partial charge in [0.2, 0.25) is 0 Å². The topological polar surface area (TPSA) is 107 Å². The number of urea groups is 1. The summed E-state index contributed by atoms with van der Waals surface area (Å²) in [7, 11) is 0. The van der Waals surface area contributed by atoms with Crippen molar-refractivity contribution in [3.63, 3.8) is 0 Å². The number of carboxylic acid groups (broad SMARTS) is 1. The molecule has 4 N–H and O–H groups in total. The molecule has 0 spiro atoms. The predicted molar refractivity (Wildman–Crippen MR) is 57.1 cm³/mol. The standard InChI is InChI=1S/C9H14N4O3/c1-2-3-7(8(14)15)13-9(16)12-6-4-10-11-5-6/h4-5,7H,2-3H2,1H3,(H,10,11)(H,14,15)(H2,12,13,16). The van der Waals surface area contributed by atoms with Crippen LogP contribution in [0.3, 0.4) is 0 Å². The summed E-state index contributed by atoms with van der Waals surface area (Å²) in [6.07, 6.45) is 4.00. The van der Waals surface area contributed by atoms with E-state index >= 15 is 0 Å². The molecule has 16 heavy (non-hydrogen) atoms. The van der Waals surface area contributed by atoms with Crippen molar-refractivity contribution in [2.24, 2.45) is 0 Å². The van der Waals surface area contributed by atoms with Crippen molar-refractivity contribution >= 4 is 17.7 Å². The summed E-state index contributed by atoms with van der Waals surface area (Å²) in [4.78, 5) is 22.1. The molecule has 0 radical (unpaired) electrons. The molecule has 1 heterocycles. The molecule has 88 valence electrons. The molecular weight excluding hydrogens is 212 g/mol. The molecule has 0 fully saturated rings. The molecule has 7 nitrogen and oxygen atoms in total. The Balaban J connectivity index is 2.45. The lowest BCUT2D eigenvalue weighted by molar-refractivity contribution is -0.139. The first kappa shape index (κ1) is 12.0. The molecule has 1 unspecified atom stereocenters. The monoisotopic (exact) mass is 226 g/mol. The third-order valence-corrected chi connectivity index (χ3v) is 1.94. The normalized spacial score (nSPS) is 11.8. The highest BCUT2D eigenvalue weighted by molar-refractivity contribution is 5.91. The van der Waals surface area contributed by atoms with E-state index in [0.29, 0.717) is 18.5 Å². The first-order valence-corrected chi connectivity index (χ1v) is 4.92. The minimum atomic E-state index is -1.04. The van der Waals surface area contributed by atoms with Gasteiger partial charge in [-0.3, -0.25) is 5.10 Å². The van der Waals surface area contributed by atoms with Crippen LogP contribution in [0.5, 0.6) is 0 Å². The molecular formula is C9H14N4O3. The number of H-pyrrole nitrogens is 1. The van der Waals surface area contributed by atoms with Crippen LogP contribution >= 0.6 is 0 Å². The van der Waals surface area contributed by atoms with Gasteiger partial charge in [-0.2, -0.15) is 5.10 Å². The van der Waals surface area contributed by atoms with E-state index in [2.05, 4.69) is 20.8 Å². The Morgan fingerprint density at radius 2 is 2.38 bits per heavy atom. The largest absolute Gasteiger partial charge is 0.480 e. The van der Waals surface area contributed by atoms with Crippen LogP contribution in [0, 0.1) is 0 Å². The number of nitrogens with one attached hydrogen (secondary N) is 3. The van der Waals surface area contributed by atoms with Crippen LogP contribution in [0.2, 0.25) is 0 Å². The molecule has 1 aromatic rings. The van der Waals surface area contributed by atoms with Crippen LogP contribution in [-0.2, 0) is 4.79 Å². The summed E-state index contributed by atoms with van der Waals surface area (Å²) in [5.74, 6) is -1.04. The van der Waals surface area contributed by atoms with Crippen LogP contribution in [0.1, 0.15) is 19.8 Å². The van der Waals surface area contributed by atoms with Gasteiger partial charge in [0.15, 0.2) is 0 Å². The molecule has 0 aliphatic carbocycles. The molecule has 2 amide bonds. The summed E-state index contributed by atoms with van der Waals surface area (Å²) in [5.41, 5.74) is 0.484. The Bertz CT molecular complexity index is 350. The number of aliphatic carboxylic acids is 1. The Morgan fingerprint density at radius 3 is 2.88 bits per heavy atom. The van der Waals surface area contributed by atoms with E-state index in [0.717, 1.165) is 0 Å². The predicted octanol–water partition coefficient (Wildman–Crippen LogP) is 0.785. The fourth-order valence-electron chi connectivity index (χ4n) is 1.19. The maximum atomic E-state index is 11.4. The maximum absolute atomic E-state index is 11.4. The van der Waals surface area contributed by atoms with Crippen molar-refractivity contribution in [1.82, 2.24) is 15.5 Å². The number of carbonyl (C=O) groups is 2. The summed E-state index contributed by atoms with van der Waals surface area (Å²) < 4.78 is 0. The van der Waals surface area contributed by atoms with Gasteiger partial charge in [0.25, 0.3) is 0 Å². The first-order valence-electron chi connectivity index (χ1n) is 4.92. The van der Waals surface area contributed by atoms with Crippen LogP contribution in [-0.4, -0.2) is 33.3 Å². The van der Waals surface area contributed by atoms with Crippen LogP contribution in [0.25, 0.3) is 0 Å². The Hall–Kier alpha value is -2.05. The highest BCUT2D eigenvalue weighted by Crippen LogP contribution is 2.02. The molecule has 0 saturated heterocycles. The van der Waals surface area contributed by atoms with Gasteiger partial charge in [0, 0.05) is 6.20 Å². The third kappa shape index (κ3) is 3.60. The number of hydrogen-bond acceptors (Lipinski definition) is 3. The van der Waals surface area contributed by atoms with E-state index in [1.165, 1.54) is 12.4 Å². The van der Waals surface area contributed by atoms with Crippen molar-refractivity contribution in [3.05, 3.63) is 12.4 Å². The zero-order valence-electron chi connectivity index (χ0n) is 8.86. The third-order valence-electron chi connectivity index (χ3n) is 1.94. The average molecular weight is 226 g/mol. The van der Waals surface area contributed by atoms with E-state index < -0.39 is 18.0 Å². The fourth-order valence-corrected chi connectivity index (χ4v) is 1.19. The van der Waals surface area contributed by atoms with Gasteiger partial charge >= 0.3 is 12.0 Å². The molecule has 0 saturated carbocycles. The highest BCUT2D eigenvalue weighted by Gasteiger charge is 2.18. The van der Waals surface area contributed by atoms with Gasteiger partial charge in [-0.25, -0.2) is 9.59 Å². The number of carboxylic acids is 1. The molecule has 0 aliphatic heterocycles. The number of nitrogens with zero attached hydrogens (tertiary/aromatic N) is 1. The van der Waals surface area contributed by atoms with E-state index in [9.17, 15) is 9.59 Å². The number of anilines is 1. The lowest BCUT2D eigenvalue weighted by Gasteiger charge is -2.13. The SMILES string of the molecule is CCCC(NC(=O)Nc1cn[nH]c1)C(=O)O. The molecule has 7 heteroatoms. The fraction of sp³-hybridized carbons (Fsp3) is 0.444. The zero-order valence-corrected chi connectivity index (χ0v) is 8.86. The molecule has 1 atom stereocenters. The summed E-state index contributed by atoms with van der Waals surface area (Å²) in [6, 6.07) is -1.42. The van der Waals surface area contributed by atoms with E-state index in [-0.39, 0.29) is 0 Å². The molecule has 1 rings (SSSR count). The maximum Gasteiger partial charge on any atom is 0.326 e. The van der Waals surface area contributed by atoms with E-state index in [4.69, 9.17) is 5.11 Å². The molecule has 1 aromatic heterocycles. The van der Waals surface area contributed by atoms with E-state index in [1.807, 2.05) is 6.92 Å². The van der Waals surface area contributed by atoms with Gasteiger partial charge in [-0.1, -0.05) is 13.3 Å². The van der Waals surface area contributed by atoms with Gasteiger partial charge in [0.05, 0.1) is 11.9 Å². The molecule has 0 bridgehead atoms. The number of amides is 2. The van der Waals surface area contributed by atoms with Gasteiger partial charge in [-0.15, -0.1) is 0 Å². The average Bonchev–Trinajstić information content (AvgIpc) is 2.69. The first-order chi connectivity index (χ1) is 7.63. The Morgan fingerprint density at radius 1 is 1.62 bits per heavy atom. The second-order valence-electron chi connectivity index (χ2n) is 3.26. The zero-order chi connectivity index (χ0) is 12.0. The van der Waals surface area contributed by atoms with Crippen LogP contribution in [0.4, 0.5) is 10.5 Å². The van der Waals surface area contributed by atoms with E-state index in [1.54, 1.807) is 0 Å². The van der Waals surface area contributed by atoms with Gasteiger partial charge < -0.3 is 15.7 Å². The number of hydrogen-bond donors (Lipinski definition) is 4. The van der Waals surface area contributed by atoms with Gasteiger partial charge in [0.1, 0.15) is 6.04 Å². The quantitative estimate of drug-likeness (QED) is 0.595. The minimum absolute atomic E-state index is 0.397. The smallest absolute Gasteiger partial charge is 0.326 e. The van der Waals surface area contributed by atoms with Crippen molar-refractivity contribution in [2.45, 2.75) is 25.8 Å². The van der Waals surface area contributed by atoms with Crippen LogP contribution < -0.4 is 10.6 Å². The van der Waals surface area contributed by atoms with Gasteiger partial charge in [-0.05, 0) is 6.42 Å². The summed E-state index contributed by atoms with van der Waals surface area (Å²) in [6.45, 7) is 1.85. The van der Waals surface area contributed by atoms with Crippen molar-refractivity contribution in [1.29, 1.82) is 0 Å². The lowest BCUT2D eigenvalue weighted by atomic mass is 10.2. The van der Waals surface area contributed by atoms with Crippen LogP contribution in [0.15, 0.2) is 12.4 Å². The Kier molecular flexibility index (Phi) is 4.31. The Labute approximate surface area is 92.2 Å². The van der Waals surface area contributed by atoms with Crippen molar-refractivity contribution < 1.29 is 14.7 Å². The minimum Gasteiger partial charge on any atom is -0.480 e. The second kappa shape index (κ2) is 5.74. The van der Waals surface area contributed by atoms with Crippen molar-refractivity contribution in [3.8, 4) is 0 Å². The molecule has 0 aromatic carbocycles. The number of rotatable bonds is 5. The summed E-state index contributed by atoms with van der Waals surface area (Å²) >= 11 is 0. The summed E-state index contributed by atoms with van der Waals surface area (Å²) in [5, 5.41) is 19.8. The number of aromatic amines is 1. The number of carbonyl (C=O) groups excluding carboxylic acids is 1. The molecule has 0 aliphatic rings. The number of aromatic nitrogens is 2. The lowest BCUT2D eigenvalue weighted by Crippen LogP contribution is -2.42. The second-order valence-corrected chi connectivity index (χ2v) is 3.26. The highest BCUT2D eigenvalue weighted by atomic mass is 16.4.